The minimum atomic E-state index is 0.0850. The molecule has 0 spiro atoms. The molecule has 3 aromatic rings. The summed E-state index contributed by atoms with van der Waals surface area (Å²) in [4.78, 5) is 4.45. The van der Waals surface area contributed by atoms with Crippen LogP contribution in [0.15, 0.2) is 77.6 Å². The Balaban J connectivity index is 0.000000301. The molecule has 0 saturated carbocycles. The molecule has 1 heterocycles. The molecule has 1 atom stereocenters. The molecular weight excluding hydrogens is 360 g/mol. The van der Waals surface area contributed by atoms with Gasteiger partial charge < -0.3 is 5.73 Å². The fraction of sp³-hybridized carbons (Fsp3) is 0.320. The molecule has 0 aliphatic carbocycles. The molecule has 2 N–H and O–H groups in total. The standard InChI is InChI=1S/C14H16N2S.C9H12.C2H6/c1-3-4-13(16-10(2)15)11-5-6-14-12(9-11)7-8-17-14;1-2-6-9-7-4-3-5-8-9;1-2/h3,5-9,13H,1,4H2,2H3,(H2,15,16);3-5,7-8H,2,6H2,1H3;1-2H3. The number of aliphatic imine (C=N–C) groups is 1. The van der Waals surface area contributed by atoms with Crippen LogP contribution in [0.4, 0.5) is 0 Å². The third-order valence-electron chi connectivity index (χ3n) is 3.99. The first-order valence-electron chi connectivity index (χ1n) is 10.1. The van der Waals surface area contributed by atoms with Gasteiger partial charge in [0.1, 0.15) is 0 Å². The molecule has 0 aliphatic heterocycles. The van der Waals surface area contributed by atoms with Crippen LogP contribution in [-0.2, 0) is 6.42 Å². The zero-order valence-corrected chi connectivity index (χ0v) is 18.5. The van der Waals surface area contributed by atoms with Crippen LogP contribution in [0.5, 0.6) is 0 Å². The van der Waals surface area contributed by atoms with Crippen molar-refractivity contribution in [3.05, 3.63) is 83.8 Å². The number of amidine groups is 1. The molecule has 3 rings (SSSR count). The van der Waals surface area contributed by atoms with Crippen molar-refractivity contribution >= 4 is 27.3 Å². The number of hydrogen-bond donors (Lipinski definition) is 1. The first kappa shape index (κ1) is 23.6. The molecule has 2 aromatic carbocycles. The van der Waals surface area contributed by atoms with Gasteiger partial charge in [-0.1, -0.05) is 69.7 Å². The van der Waals surface area contributed by atoms with Crippen LogP contribution < -0.4 is 5.73 Å². The summed E-state index contributed by atoms with van der Waals surface area (Å²) in [5, 5.41) is 3.38. The SMILES string of the molecule is C=CCC(N=C(C)N)c1ccc2sccc2c1.CC.CCCc1ccccc1. The molecule has 0 bridgehead atoms. The lowest BCUT2D eigenvalue weighted by atomic mass is 10.0. The van der Waals surface area contributed by atoms with Gasteiger partial charge in [-0.25, -0.2) is 0 Å². The van der Waals surface area contributed by atoms with Gasteiger partial charge in [-0.15, -0.1) is 17.9 Å². The summed E-state index contributed by atoms with van der Waals surface area (Å²) in [6.07, 6.45) is 5.14. The van der Waals surface area contributed by atoms with Gasteiger partial charge in [0.2, 0.25) is 0 Å². The van der Waals surface area contributed by atoms with E-state index < -0.39 is 0 Å². The minimum Gasteiger partial charge on any atom is -0.388 e. The number of hydrogen-bond acceptors (Lipinski definition) is 2. The van der Waals surface area contributed by atoms with E-state index in [2.05, 4.69) is 78.5 Å². The van der Waals surface area contributed by atoms with Crippen LogP contribution in [0.2, 0.25) is 0 Å². The summed E-state index contributed by atoms with van der Waals surface area (Å²) < 4.78 is 1.31. The highest BCUT2D eigenvalue weighted by molar-refractivity contribution is 7.17. The quantitative estimate of drug-likeness (QED) is 0.261. The van der Waals surface area contributed by atoms with Gasteiger partial charge in [0.05, 0.1) is 11.9 Å². The second-order valence-electron chi connectivity index (χ2n) is 6.26. The van der Waals surface area contributed by atoms with Crippen molar-refractivity contribution < 1.29 is 0 Å². The van der Waals surface area contributed by atoms with Crippen LogP contribution >= 0.6 is 11.3 Å². The van der Waals surface area contributed by atoms with Gasteiger partial charge >= 0.3 is 0 Å². The fourth-order valence-electron chi connectivity index (χ4n) is 2.79. The van der Waals surface area contributed by atoms with Crippen LogP contribution in [-0.4, -0.2) is 5.84 Å². The van der Waals surface area contributed by atoms with E-state index in [9.17, 15) is 0 Å². The molecule has 1 unspecified atom stereocenters. The zero-order chi connectivity index (χ0) is 20.8. The summed E-state index contributed by atoms with van der Waals surface area (Å²) in [5.41, 5.74) is 8.31. The van der Waals surface area contributed by atoms with Crippen molar-refractivity contribution in [2.24, 2.45) is 10.7 Å². The van der Waals surface area contributed by atoms with E-state index in [1.807, 2.05) is 26.8 Å². The Morgan fingerprint density at radius 3 is 2.46 bits per heavy atom. The highest BCUT2D eigenvalue weighted by Gasteiger charge is 2.09. The average Bonchev–Trinajstić information content (AvgIpc) is 3.18. The molecule has 0 amide bonds. The third kappa shape index (κ3) is 8.10. The maximum Gasteiger partial charge on any atom is 0.0913 e. The highest BCUT2D eigenvalue weighted by Crippen LogP contribution is 2.28. The lowest BCUT2D eigenvalue weighted by Gasteiger charge is -2.11. The number of nitrogens with two attached hydrogens (primary N) is 1. The Labute approximate surface area is 174 Å². The van der Waals surface area contributed by atoms with Crippen molar-refractivity contribution in [3.8, 4) is 0 Å². The maximum atomic E-state index is 5.67. The van der Waals surface area contributed by atoms with E-state index in [0.29, 0.717) is 5.84 Å². The van der Waals surface area contributed by atoms with E-state index in [1.165, 1.54) is 34.1 Å². The van der Waals surface area contributed by atoms with E-state index in [4.69, 9.17) is 5.73 Å². The van der Waals surface area contributed by atoms with Gasteiger partial charge in [0.15, 0.2) is 0 Å². The molecule has 3 heteroatoms. The predicted molar refractivity (Wildman–Crippen MR) is 128 cm³/mol. The number of rotatable bonds is 6. The molecule has 0 radical (unpaired) electrons. The third-order valence-corrected chi connectivity index (χ3v) is 4.89. The summed E-state index contributed by atoms with van der Waals surface area (Å²) >= 11 is 1.75. The van der Waals surface area contributed by atoms with Crippen LogP contribution in [0, 0.1) is 0 Å². The van der Waals surface area contributed by atoms with Gasteiger partial charge in [0.25, 0.3) is 0 Å². The number of fused-ring (bicyclic) bond motifs is 1. The smallest absolute Gasteiger partial charge is 0.0913 e. The monoisotopic (exact) mass is 394 g/mol. The van der Waals surface area contributed by atoms with Gasteiger partial charge in [0, 0.05) is 4.70 Å². The predicted octanol–water partition coefficient (Wildman–Crippen LogP) is 7.56. The van der Waals surface area contributed by atoms with E-state index in [-0.39, 0.29) is 6.04 Å². The lowest BCUT2D eigenvalue weighted by molar-refractivity contribution is 0.743. The number of benzene rings is 2. The second kappa shape index (κ2) is 13.7. The fourth-order valence-corrected chi connectivity index (χ4v) is 3.56. The van der Waals surface area contributed by atoms with E-state index in [0.717, 1.165) is 6.42 Å². The van der Waals surface area contributed by atoms with Crippen molar-refractivity contribution in [2.75, 3.05) is 0 Å². The molecule has 1 aromatic heterocycles. The van der Waals surface area contributed by atoms with Crippen molar-refractivity contribution in [3.63, 3.8) is 0 Å². The van der Waals surface area contributed by atoms with E-state index in [1.54, 1.807) is 11.3 Å². The molecule has 0 fully saturated rings. The van der Waals surface area contributed by atoms with Crippen LogP contribution in [0.1, 0.15) is 57.7 Å². The first-order valence-corrected chi connectivity index (χ1v) is 10.9. The number of thiophene rings is 1. The summed E-state index contributed by atoms with van der Waals surface area (Å²) in [6, 6.07) is 19.2. The Hall–Kier alpha value is -2.39. The topological polar surface area (TPSA) is 38.4 Å². The lowest BCUT2D eigenvalue weighted by Crippen LogP contribution is -2.08. The van der Waals surface area contributed by atoms with Crippen molar-refractivity contribution in [1.82, 2.24) is 0 Å². The highest BCUT2D eigenvalue weighted by atomic mass is 32.1. The summed E-state index contributed by atoms with van der Waals surface area (Å²) in [5.74, 6) is 0.613. The molecule has 2 nitrogen and oxygen atoms in total. The van der Waals surface area contributed by atoms with Crippen molar-refractivity contribution in [2.45, 2.75) is 53.0 Å². The average molecular weight is 395 g/mol. The summed E-state index contributed by atoms with van der Waals surface area (Å²) in [7, 11) is 0. The first-order chi connectivity index (χ1) is 13.6. The van der Waals surface area contributed by atoms with Crippen LogP contribution in [0.25, 0.3) is 10.1 Å². The maximum absolute atomic E-state index is 5.67. The normalized spacial score (nSPS) is 11.6. The number of aryl methyl sites for hydroxylation is 1. The zero-order valence-electron chi connectivity index (χ0n) is 17.7. The summed E-state index contributed by atoms with van der Waals surface area (Å²) in [6.45, 7) is 11.8. The number of nitrogens with zero attached hydrogens (tertiary/aromatic N) is 1. The molecule has 0 saturated heterocycles. The van der Waals surface area contributed by atoms with Gasteiger partial charge in [-0.05, 0) is 59.9 Å². The van der Waals surface area contributed by atoms with Gasteiger partial charge in [-0.2, -0.15) is 0 Å². The Morgan fingerprint density at radius 1 is 1.14 bits per heavy atom. The minimum absolute atomic E-state index is 0.0850. The molecule has 0 aliphatic rings. The second-order valence-corrected chi connectivity index (χ2v) is 7.21. The molecule has 150 valence electrons. The van der Waals surface area contributed by atoms with Crippen LogP contribution in [0.3, 0.4) is 0 Å². The largest absolute Gasteiger partial charge is 0.388 e. The van der Waals surface area contributed by atoms with E-state index >= 15 is 0 Å². The Bertz CT molecular complexity index is 830. The Kier molecular flexibility index (Phi) is 11.6. The van der Waals surface area contributed by atoms with Crippen molar-refractivity contribution in [1.29, 1.82) is 0 Å². The molecular formula is C25H34N2S. The Morgan fingerprint density at radius 2 is 1.86 bits per heavy atom. The van der Waals surface area contributed by atoms with Gasteiger partial charge in [-0.3, -0.25) is 4.99 Å². The molecule has 28 heavy (non-hydrogen) atoms.